The number of hydrogen-bond acceptors (Lipinski definition) is 3. The molecule has 2 aliphatic carbocycles. The number of benzene rings is 1. The Hall–Kier alpha value is -1.88. The number of carboxylic acids is 1. The lowest BCUT2D eigenvalue weighted by atomic mass is 9.60. The maximum atomic E-state index is 12.8. The van der Waals surface area contributed by atoms with Gasteiger partial charge < -0.3 is 14.7 Å². The summed E-state index contributed by atoms with van der Waals surface area (Å²) in [5.41, 5.74) is 1.10. The molecule has 136 valence electrons. The number of rotatable bonds is 6. The van der Waals surface area contributed by atoms with Gasteiger partial charge in [-0.05, 0) is 43.9 Å². The van der Waals surface area contributed by atoms with Gasteiger partial charge in [0.25, 0.3) is 0 Å². The minimum atomic E-state index is -0.967. The minimum Gasteiger partial charge on any atom is -0.478 e. The highest BCUT2D eigenvalue weighted by molar-refractivity contribution is 5.88. The summed E-state index contributed by atoms with van der Waals surface area (Å²) in [4.78, 5) is 25.7. The van der Waals surface area contributed by atoms with E-state index < -0.39 is 5.97 Å². The summed E-state index contributed by atoms with van der Waals surface area (Å²) in [5.74, 6) is -0.917. The van der Waals surface area contributed by atoms with E-state index in [4.69, 9.17) is 9.84 Å². The SMILES string of the molecule is CCOC1CC(N(C)C(=O)Cc2cccc(C(=O)O)c2)C12CCCC2. The largest absolute Gasteiger partial charge is 0.478 e. The Morgan fingerprint density at radius 1 is 1.32 bits per heavy atom. The van der Waals surface area contributed by atoms with Crippen LogP contribution in [0.3, 0.4) is 0 Å². The molecule has 2 atom stereocenters. The molecule has 1 aromatic rings. The molecule has 3 rings (SSSR count). The number of ether oxygens (including phenoxy) is 1. The second kappa shape index (κ2) is 7.16. The van der Waals surface area contributed by atoms with Crippen LogP contribution >= 0.6 is 0 Å². The Kier molecular flexibility index (Phi) is 5.13. The molecular formula is C20H27NO4. The Labute approximate surface area is 149 Å². The van der Waals surface area contributed by atoms with E-state index in [1.165, 1.54) is 12.8 Å². The summed E-state index contributed by atoms with van der Waals surface area (Å²) < 4.78 is 5.93. The maximum Gasteiger partial charge on any atom is 0.335 e. The lowest BCUT2D eigenvalue weighted by molar-refractivity contribution is -0.172. The Morgan fingerprint density at radius 2 is 2.04 bits per heavy atom. The summed E-state index contributed by atoms with van der Waals surface area (Å²) in [6.07, 6.45) is 6.11. The molecule has 5 heteroatoms. The van der Waals surface area contributed by atoms with Crippen LogP contribution < -0.4 is 0 Å². The molecule has 2 aliphatic rings. The maximum absolute atomic E-state index is 12.8. The van der Waals surface area contributed by atoms with Crippen molar-refractivity contribution in [1.29, 1.82) is 0 Å². The fourth-order valence-corrected chi connectivity index (χ4v) is 4.68. The minimum absolute atomic E-state index is 0.0498. The number of aromatic carboxylic acids is 1. The first-order valence-corrected chi connectivity index (χ1v) is 9.17. The monoisotopic (exact) mass is 345 g/mol. The van der Waals surface area contributed by atoms with Crippen molar-refractivity contribution in [2.75, 3.05) is 13.7 Å². The zero-order chi connectivity index (χ0) is 18.0. The molecule has 1 spiro atoms. The highest BCUT2D eigenvalue weighted by Crippen LogP contribution is 2.56. The summed E-state index contributed by atoms with van der Waals surface area (Å²) in [7, 11) is 1.89. The van der Waals surface area contributed by atoms with Crippen LogP contribution in [0.5, 0.6) is 0 Å². The van der Waals surface area contributed by atoms with E-state index in [1.54, 1.807) is 18.2 Å². The number of carboxylic acid groups (broad SMARTS) is 1. The van der Waals surface area contributed by atoms with Gasteiger partial charge in [0.15, 0.2) is 0 Å². The van der Waals surface area contributed by atoms with Crippen molar-refractivity contribution in [2.24, 2.45) is 5.41 Å². The first kappa shape index (κ1) is 17.9. The summed E-state index contributed by atoms with van der Waals surface area (Å²) in [6, 6.07) is 6.88. The molecule has 5 nitrogen and oxygen atoms in total. The number of nitrogens with zero attached hydrogens (tertiary/aromatic N) is 1. The second-order valence-electron chi connectivity index (χ2n) is 7.32. The average molecular weight is 345 g/mol. The van der Waals surface area contributed by atoms with Crippen molar-refractivity contribution in [3.8, 4) is 0 Å². The summed E-state index contributed by atoms with van der Waals surface area (Å²) in [6.45, 7) is 2.75. The van der Waals surface area contributed by atoms with Gasteiger partial charge in [0.2, 0.25) is 5.91 Å². The van der Waals surface area contributed by atoms with Crippen molar-refractivity contribution in [3.63, 3.8) is 0 Å². The Bertz CT molecular complexity index is 651. The van der Waals surface area contributed by atoms with Crippen molar-refractivity contribution in [3.05, 3.63) is 35.4 Å². The van der Waals surface area contributed by atoms with Gasteiger partial charge in [-0.1, -0.05) is 25.0 Å². The molecule has 0 bridgehead atoms. The normalized spacial score (nSPS) is 24.1. The number of carbonyl (C=O) groups is 2. The van der Waals surface area contributed by atoms with E-state index >= 15 is 0 Å². The molecule has 1 N–H and O–H groups in total. The third kappa shape index (κ3) is 3.30. The van der Waals surface area contributed by atoms with Gasteiger partial charge in [-0.2, -0.15) is 0 Å². The standard InChI is InChI=1S/C20H27NO4/c1-3-25-17-13-16(20(17)9-4-5-10-20)21(2)18(22)12-14-7-6-8-15(11-14)19(23)24/h6-8,11,16-17H,3-5,9-10,12-13H2,1-2H3,(H,23,24). The molecule has 0 aromatic heterocycles. The number of hydrogen-bond donors (Lipinski definition) is 1. The fraction of sp³-hybridized carbons (Fsp3) is 0.600. The van der Waals surface area contributed by atoms with E-state index in [0.29, 0.717) is 0 Å². The van der Waals surface area contributed by atoms with E-state index in [9.17, 15) is 9.59 Å². The van der Waals surface area contributed by atoms with Gasteiger partial charge in [-0.15, -0.1) is 0 Å². The zero-order valence-electron chi connectivity index (χ0n) is 15.0. The van der Waals surface area contributed by atoms with E-state index in [2.05, 4.69) is 0 Å². The first-order valence-electron chi connectivity index (χ1n) is 9.17. The van der Waals surface area contributed by atoms with E-state index in [-0.39, 0.29) is 35.5 Å². The number of likely N-dealkylation sites (N-methyl/N-ethyl adjacent to an activating group) is 1. The van der Waals surface area contributed by atoms with Crippen LogP contribution in [-0.2, 0) is 16.0 Å². The summed E-state index contributed by atoms with van der Waals surface area (Å²) >= 11 is 0. The van der Waals surface area contributed by atoms with Gasteiger partial charge in [-0.3, -0.25) is 4.79 Å². The molecule has 0 radical (unpaired) electrons. The Balaban J connectivity index is 1.68. The molecule has 0 heterocycles. The highest BCUT2D eigenvalue weighted by atomic mass is 16.5. The second-order valence-corrected chi connectivity index (χ2v) is 7.32. The molecule has 2 fully saturated rings. The van der Waals surface area contributed by atoms with Crippen molar-refractivity contribution >= 4 is 11.9 Å². The first-order chi connectivity index (χ1) is 12.0. The molecule has 0 saturated heterocycles. The third-order valence-electron chi connectivity index (χ3n) is 6.03. The van der Waals surface area contributed by atoms with E-state index in [1.807, 2.05) is 24.9 Å². The smallest absolute Gasteiger partial charge is 0.335 e. The number of carbonyl (C=O) groups excluding carboxylic acids is 1. The zero-order valence-corrected chi connectivity index (χ0v) is 15.0. The Morgan fingerprint density at radius 3 is 2.68 bits per heavy atom. The van der Waals surface area contributed by atoms with Crippen LogP contribution in [0.2, 0.25) is 0 Å². The van der Waals surface area contributed by atoms with Crippen LogP contribution in [0, 0.1) is 5.41 Å². The van der Waals surface area contributed by atoms with E-state index in [0.717, 1.165) is 31.4 Å². The van der Waals surface area contributed by atoms with Crippen molar-refractivity contribution in [1.82, 2.24) is 4.90 Å². The lowest BCUT2D eigenvalue weighted by Crippen LogP contribution is -2.64. The van der Waals surface area contributed by atoms with Gasteiger partial charge >= 0.3 is 5.97 Å². The molecule has 1 aromatic carbocycles. The van der Waals surface area contributed by atoms with Crippen LogP contribution in [0.15, 0.2) is 24.3 Å². The summed E-state index contributed by atoms with van der Waals surface area (Å²) in [5, 5.41) is 9.10. The molecule has 0 aliphatic heterocycles. The fourth-order valence-electron chi connectivity index (χ4n) is 4.68. The lowest BCUT2D eigenvalue weighted by Gasteiger charge is -2.57. The molecule has 2 unspecified atom stereocenters. The van der Waals surface area contributed by atoms with Crippen LogP contribution in [-0.4, -0.2) is 47.7 Å². The van der Waals surface area contributed by atoms with Crippen LogP contribution in [0.25, 0.3) is 0 Å². The van der Waals surface area contributed by atoms with Crippen LogP contribution in [0.1, 0.15) is 54.9 Å². The highest BCUT2D eigenvalue weighted by Gasteiger charge is 2.58. The van der Waals surface area contributed by atoms with Crippen molar-refractivity contribution in [2.45, 2.75) is 57.6 Å². The average Bonchev–Trinajstić information content (AvgIpc) is 3.10. The van der Waals surface area contributed by atoms with Gasteiger partial charge in [0, 0.05) is 25.1 Å². The molecule has 2 saturated carbocycles. The topological polar surface area (TPSA) is 66.8 Å². The number of amides is 1. The van der Waals surface area contributed by atoms with Gasteiger partial charge in [0.1, 0.15) is 0 Å². The van der Waals surface area contributed by atoms with Crippen LogP contribution in [0.4, 0.5) is 0 Å². The van der Waals surface area contributed by atoms with Gasteiger partial charge in [-0.25, -0.2) is 4.79 Å². The molecular weight excluding hydrogens is 318 g/mol. The molecule has 1 amide bonds. The predicted octanol–water partition coefficient (Wildman–Crippen LogP) is 3.12. The predicted molar refractivity (Wildman–Crippen MR) is 94.6 cm³/mol. The quantitative estimate of drug-likeness (QED) is 0.860. The molecule has 25 heavy (non-hydrogen) atoms. The van der Waals surface area contributed by atoms with Crippen molar-refractivity contribution < 1.29 is 19.4 Å². The van der Waals surface area contributed by atoms with Gasteiger partial charge in [0.05, 0.1) is 18.1 Å². The third-order valence-corrected chi connectivity index (χ3v) is 6.03.